The molecular formula is C29H49N5O8. The van der Waals surface area contributed by atoms with Crippen LogP contribution in [0.25, 0.3) is 0 Å². The van der Waals surface area contributed by atoms with E-state index in [0.717, 1.165) is 31.4 Å². The van der Waals surface area contributed by atoms with Crippen LogP contribution in [0.2, 0.25) is 0 Å². The average molecular weight is 596 g/mol. The van der Waals surface area contributed by atoms with E-state index >= 15 is 0 Å². The number of hydrogen-bond donors (Lipinski definition) is 2. The number of nitrogens with zero attached hydrogens (tertiary/aromatic N) is 3. The summed E-state index contributed by atoms with van der Waals surface area (Å²) in [4.78, 5) is 35.5. The van der Waals surface area contributed by atoms with Gasteiger partial charge in [0.05, 0.1) is 76.9 Å². The molecule has 1 heterocycles. The molecule has 3 rings (SSSR count). The van der Waals surface area contributed by atoms with E-state index in [-0.39, 0.29) is 30.6 Å². The lowest BCUT2D eigenvalue weighted by atomic mass is 10.0. The van der Waals surface area contributed by atoms with Gasteiger partial charge in [0, 0.05) is 20.0 Å². The van der Waals surface area contributed by atoms with Crippen molar-refractivity contribution >= 4 is 17.8 Å². The number of aryl methyl sites for hydroxylation is 2. The molecule has 13 nitrogen and oxygen atoms in total. The molecule has 4 atom stereocenters. The Labute approximate surface area is 248 Å². The van der Waals surface area contributed by atoms with Crippen LogP contribution in [0.15, 0.2) is 0 Å². The number of rotatable bonds is 20. The van der Waals surface area contributed by atoms with Gasteiger partial charge in [0.1, 0.15) is 0 Å². The summed E-state index contributed by atoms with van der Waals surface area (Å²) < 4.78 is 29.1. The number of carbonyl (C=O) groups excluding carboxylic acids is 3. The number of Topliss-reactive ketones (excluding diaryl/α,β-unsaturated/α-hetero) is 1. The van der Waals surface area contributed by atoms with Crippen molar-refractivity contribution in [2.75, 3.05) is 66.0 Å². The van der Waals surface area contributed by atoms with E-state index in [1.165, 1.54) is 12.6 Å². The number of aromatic nitrogens is 3. The van der Waals surface area contributed by atoms with Gasteiger partial charge in [-0.25, -0.2) is 4.79 Å². The molecule has 0 saturated heterocycles. The molecule has 1 saturated carbocycles. The Balaban J connectivity index is 1.05. The zero-order chi connectivity index (χ0) is 30.3. The maximum Gasteiger partial charge on any atom is 0.407 e. The maximum absolute atomic E-state index is 12.0. The third-order valence-electron chi connectivity index (χ3n) is 7.89. The van der Waals surface area contributed by atoms with Crippen LogP contribution in [0.4, 0.5) is 4.79 Å². The van der Waals surface area contributed by atoms with E-state index in [9.17, 15) is 14.4 Å². The molecule has 13 heteroatoms. The minimum Gasteiger partial charge on any atom is -0.449 e. The highest BCUT2D eigenvalue weighted by molar-refractivity contribution is 5.87. The molecule has 0 spiro atoms. The fourth-order valence-electron chi connectivity index (χ4n) is 5.51. The van der Waals surface area contributed by atoms with E-state index in [0.29, 0.717) is 77.2 Å². The smallest absolute Gasteiger partial charge is 0.407 e. The number of ketones is 1. The molecule has 42 heavy (non-hydrogen) atoms. The molecule has 1 aromatic rings. The summed E-state index contributed by atoms with van der Waals surface area (Å²) in [5.74, 6) is 1.47. The molecular weight excluding hydrogens is 546 g/mol. The second-order valence-corrected chi connectivity index (χ2v) is 11.3. The monoisotopic (exact) mass is 595 g/mol. The summed E-state index contributed by atoms with van der Waals surface area (Å²) in [5.41, 5.74) is 2.35. The molecule has 2 aliphatic carbocycles. The minimum atomic E-state index is -0.458. The van der Waals surface area contributed by atoms with Crippen molar-refractivity contribution in [1.29, 1.82) is 0 Å². The van der Waals surface area contributed by atoms with Crippen LogP contribution in [0.1, 0.15) is 51.4 Å². The molecule has 238 valence electrons. The molecule has 2 aliphatic rings. The van der Waals surface area contributed by atoms with Gasteiger partial charge in [-0.15, -0.1) is 5.10 Å². The predicted octanol–water partition coefficient (Wildman–Crippen LogP) is 1.47. The summed E-state index contributed by atoms with van der Waals surface area (Å²) in [6, 6.07) is -0.458. The van der Waals surface area contributed by atoms with Crippen molar-refractivity contribution in [2.24, 2.45) is 30.7 Å². The fraction of sp³-hybridized carbons (Fsp3) is 0.828. The Morgan fingerprint density at radius 1 is 0.905 bits per heavy atom. The van der Waals surface area contributed by atoms with Gasteiger partial charge >= 0.3 is 6.09 Å². The van der Waals surface area contributed by atoms with Gasteiger partial charge < -0.3 is 34.3 Å². The van der Waals surface area contributed by atoms with Gasteiger partial charge in [0.25, 0.3) is 0 Å². The molecule has 1 fully saturated rings. The Bertz CT molecular complexity index is 987. The lowest BCUT2D eigenvalue weighted by Crippen LogP contribution is -2.43. The summed E-state index contributed by atoms with van der Waals surface area (Å²) in [7, 11) is 1.95. The van der Waals surface area contributed by atoms with Gasteiger partial charge in [-0.2, -0.15) is 0 Å². The summed E-state index contributed by atoms with van der Waals surface area (Å²) in [6.45, 7) is 9.24. The number of ether oxygens (including phenoxy) is 5. The van der Waals surface area contributed by atoms with Crippen LogP contribution in [-0.2, 0) is 53.2 Å². The van der Waals surface area contributed by atoms with Gasteiger partial charge in [-0.05, 0) is 56.3 Å². The lowest BCUT2D eigenvalue weighted by Gasteiger charge is -2.19. The molecule has 2 N–H and O–H groups in total. The maximum atomic E-state index is 12.0. The van der Waals surface area contributed by atoms with Crippen LogP contribution in [-0.4, -0.2) is 105 Å². The van der Waals surface area contributed by atoms with E-state index in [4.69, 9.17) is 23.7 Å². The molecule has 0 aliphatic heterocycles. The first-order chi connectivity index (χ1) is 20.3. The van der Waals surface area contributed by atoms with Crippen molar-refractivity contribution in [3.05, 3.63) is 11.4 Å². The third-order valence-corrected chi connectivity index (χ3v) is 7.89. The number of nitrogens with one attached hydrogen (secondary N) is 2. The Kier molecular flexibility index (Phi) is 14.6. The van der Waals surface area contributed by atoms with Crippen molar-refractivity contribution in [3.8, 4) is 0 Å². The minimum absolute atomic E-state index is 0.0493. The molecule has 0 aromatic carbocycles. The second kappa shape index (κ2) is 18.1. The van der Waals surface area contributed by atoms with E-state index in [1.807, 2.05) is 25.6 Å². The van der Waals surface area contributed by atoms with E-state index in [2.05, 4.69) is 20.9 Å². The summed E-state index contributed by atoms with van der Waals surface area (Å²) >= 11 is 0. The largest absolute Gasteiger partial charge is 0.449 e. The second-order valence-electron chi connectivity index (χ2n) is 11.3. The molecule has 0 bridgehead atoms. The van der Waals surface area contributed by atoms with E-state index in [1.54, 1.807) is 0 Å². The number of carbonyl (C=O) groups is 3. The standard InChI is InChI=1S/C29H49N5O8/c1-20(2)28(21(3)35)31-27(36)9-11-38-13-15-40-17-18-41-16-14-39-12-10-30-29(37)42-19-24-22-5-7-25-26(8-6-23(22)24)34(4)33-32-25/h20,22-24,28H,5-19H2,1-4H3,(H,30,37)(H,31,36)/t22?,23?,24?,28-/m0/s1. The molecule has 3 unspecified atom stereocenters. The topological polar surface area (TPSA) is 152 Å². The highest BCUT2D eigenvalue weighted by atomic mass is 16.6. The zero-order valence-electron chi connectivity index (χ0n) is 25.6. The molecule has 1 aromatic heterocycles. The van der Waals surface area contributed by atoms with Crippen LogP contribution in [0, 0.1) is 23.7 Å². The fourth-order valence-corrected chi connectivity index (χ4v) is 5.51. The van der Waals surface area contributed by atoms with Crippen molar-refractivity contribution in [3.63, 3.8) is 0 Å². The Hall–Kier alpha value is -2.61. The van der Waals surface area contributed by atoms with Crippen LogP contribution in [0.5, 0.6) is 0 Å². The number of amides is 2. The Morgan fingerprint density at radius 2 is 1.50 bits per heavy atom. The summed E-state index contributed by atoms with van der Waals surface area (Å²) in [6.07, 6.45) is 3.90. The Morgan fingerprint density at radius 3 is 2.12 bits per heavy atom. The zero-order valence-corrected chi connectivity index (χ0v) is 25.6. The summed E-state index contributed by atoms with van der Waals surface area (Å²) in [5, 5.41) is 13.9. The highest BCUT2D eigenvalue weighted by Crippen LogP contribution is 2.52. The molecule has 2 amide bonds. The first kappa shape index (κ1) is 33.9. The van der Waals surface area contributed by atoms with Gasteiger partial charge in [0.2, 0.25) is 5.91 Å². The normalized spacial score (nSPS) is 20.2. The van der Waals surface area contributed by atoms with Crippen LogP contribution in [0.3, 0.4) is 0 Å². The predicted molar refractivity (Wildman–Crippen MR) is 153 cm³/mol. The number of hydrogen-bond acceptors (Lipinski definition) is 10. The van der Waals surface area contributed by atoms with Crippen molar-refractivity contribution < 1.29 is 38.1 Å². The number of alkyl carbamates (subject to hydrolysis) is 1. The van der Waals surface area contributed by atoms with Crippen molar-refractivity contribution in [2.45, 2.75) is 58.9 Å². The SMILES string of the molecule is CC(=O)[C@@H](NC(=O)CCOCCOCCOCCOCCNC(=O)OCC1C2CCc3nnn(C)c3CCC21)C(C)C. The quantitative estimate of drug-likeness (QED) is 0.212. The van der Waals surface area contributed by atoms with Gasteiger partial charge in [0.15, 0.2) is 5.78 Å². The van der Waals surface area contributed by atoms with Gasteiger partial charge in [-0.3, -0.25) is 14.3 Å². The average Bonchev–Trinajstić information content (AvgIpc) is 3.48. The number of fused-ring (bicyclic) bond motifs is 2. The lowest BCUT2D eigenvalue weighted by molar-refractivity contribution is -0.128. The highest BCUT2D eigenvalue weighted by Gasteiger charge is 2.50. The van der Waals surface area contributed by atoms with Gasteiger partial charge in [-0.1, -0.05) is 19.1 Å². The van der Waals surface area contributed by atoms with E-state index < -0.39 is 12.1 Å². The first-order valence-electron chi connectivity index (χ1n) is 15.2. The first-order valence-corrected chi connectivity index (χ1v) is 15.2. The third kappa shape index (κ3) is 11.6. The molecule has 0 radical (unpaired) electrons. The van der Waals surface area contributed by atoms with Crippen LogP contribution < -0.4 is 10.6 Å². The van der Waals surface area contributed by atoms with Crippen molar-refractivity contribution in [1.82, 2.24) is 25.6 Å². The van der Waals surface area contributed by atoms with Crippen LogP contribution >= 0.6 is 0 Å².